The first-order chi connectivity index (χ1) is 10.0. The van der Waals surface area contributed by atoms with E-state index in [1.165, 1.54) is 0 Å². The van der Waals surface area contributed by atoms with Gasteiger partial charge in [0.25, 0.3) is 5.91 Å². The summed E-state index contributed by atoms with van der Waals surface area (Å²) in [6.45, 7) is 4.20. The minimum atomic E-state index is -0.259. The molecule has 1 aliphatic rings. The molecular formula is C15H19N3O2S. The number of thiocarbonyl (C=S) groups is 1. The van der Waals surface area contributed by atoms with Gasteiger partial charge in [0.2, 0.25) is 5.91 Å². The molecule has 0 unspecified atom stereocenters. The Morgan fingerprint density at radius 1 is 1.38 bits per heavy atom. The second-order valence-corrected chi connectivity index (χ2v) is 5.48. The molecule has 1 aromatic rings. The van der Waals surface area contributed by atoms with E-state index in [-0.39, 0.29) is 17.9 Å². The summed E-state index contributed by atoms with van der Waals surface area (Å²) in [5, 5.41) is 6.24. The van der Waals surface area contributed by atoms with Crippen LogP contribution < -0.4 is 10.6 Å². The van der Waals surface area contributed by atoms with Crippen molar-refractivity contribution >= 4 is 34.8 Å². The molecule has 6 heteroatoms. The van der Waals surface area contributed by atoms with Gasteiger partial charge in [0.15, 0.2) is 5.11 Å². The van der Waals surface area contributed by atoms with Crippen molar-refractivity contribution in [2.45, 2.75) is 39.3 Å². The van der Waals surface area contributed by atoms with Gasteiger partial charge >= 0.3 is 0 Å². The summed E-state index contributed by atoms with van der Waals surface area (Å²) in [6.07, 6.45) is 1.34. The number of nitrogens with one attached hydrogen (secondary N) is 2. The van der Waals surface area contributed by atoms with E-state index < -0.39 is 0 Å². The van der Waals surface area contributed by atoms with Crippen LogP contribution in [0.25, 0.3) is 0 Å². The topological polar surface area (TPSA) is 61.4 Å². The Bertz CT molecular complexity index is 557. The molecule has 1 saturated heterocycles. The van der Waals surface area contributed by atoms with Gasteiger partial charge in [0.05, 0.1) is 6.54 Å². The summed E-state index contributed by atoms with van der Waals surface area (Å²) >= 11 is 5.14. The van der Waals surface area contributed by atoms with Gasteiger partial charge in [-0.05, 0) is 43.3 Å². The lowest BCUT2D eigenvalue weighted by atomic mass is 10.2. The van der Waals surface area contributed by atoms with Crippen LogP contribution in [0.3, 0.4) is 0 Å². The fourth-order valence-electron chi connectivity index (χ4n) is 2.14. The Labute approximate surface area is 129 Å². The summed E-state index contributed by atoms with van der Waals surface area (Å²) in [5.74, 6) is -0.000464. The van der Waals surface area contributed by atoms with Gasteiger partial charge in [0, 0.05) is 12.1 Å². The number of nitrogens with zero attached hydrogens (tertiary/aromatic N) is 1. The normalized spacial score (nSPS) is 17.8. The highest BCUT2D eigenvalue weighted by molar-refractivity contribution is 7.80. The quantitative estimate of drug-likeness (QED) is 0.817. The molecule has 1 fully saturated rings. The van der Waals surface area contributed by atoms with Crippen molar-refractivity contribution in [3.05, 3.63) is 29.8 Å². The second kappa shape index (κ2) is 6.67. The first kappa shape index (κ1) is 15.4. The van der Waals surface area contributed by atoms with Gasteiger partial charge in [-0.25, -0.2) is 0 Å². The summed E-state index contributed by atoms with van der Waals surface area (Å²) in [6, 6.07) is 7.19. The van der Waals surface area contributed by atoms with E-state index >= 15 is 0 Å². The largest absolute Gasteiger partial charge is 0.351 e. The fourth-order valence-corrected chi connectivity index (χ4v) is 2.47. The van der Waals surface area contributed by atoms with Crippen molar-refractivity contribution in [3.8, 4) is 0 Å². The Kier molecular flexibility index (Phi) is 4.90. The van der Waals surface area contributed by atoms with Crippen LogP contribution in [0.5, 0.6) is 0 Å². The first-order valence-corrected chi connectivity index (χ1v) is 7.42. The summed E-state index contributed by atoms with van der Waals surface area (Å²) in [5.41, 5.74) is 1.73. The van der Waals surface area contributed by atoms with Gasteiger partial charge < -0.3 is 10.6 Å². The van der Waals surface area contributed by atoms with E-state index in [0.29, 0.717) is 18.1 Å². The number of hydrogen-bond donors (Lipinski definition) is 2. The molecule has 0 saturated carbocycles. The molecule has 2 amide bonds. The van der Waals surface area contributed by atoms with Gasteiger partial charge in [0.1, 0.15) is 6.04 Å². The average Bonchev–Trinajstić information content (AvgIpc) is 2.68. The third-order valence-corrected chi connectivity index (χ3v) is 3.62. The predicted octanol–water partition coefficient (Wildman–Crippen LogP) is 2.03. The zero-order chi connectivity index (χ0) is 15.4. The van der Waals surface area contributed by atoms with E-state index in [4.69, 9.17) is 12.2 Å². The van der Waals surface area contributed by atoms with E-state index in [1.807, 2.05) is 31.2 Å². The number of benzene rings is 1. The molecule has 21 heavy (non-hydrogen) atoms. The fraction of sp³-hybridized carbons (Fsp3) is 0.400. The average molecular weight is 305 g/mol. The molecule has 2 N–H and O–H groups in total. The minimum Gasteiger partial charge on any atom is -0.351 e. The van der Waals surface area contributed by atoms with Crippen LogP contribution in [0.15, 0.2) is 24.3 Å². The lowest BCUT2D eigenvalue weighted by molar-refractivity contribution is -0.127. The highest BCUT2D eigenvalue weighted by Gasteiger charge is 2.31. The van der Waals surface area contributed by atoms with Gasteiger partial charge in [-0.2, -0.15) is 0 Å². The lowest BCUT2D eigenvalue weighted by Gasteiger charge is -2.15. The third kappa shape index (κ3) is 3.78. The van der Waals surface area contributed by atoms with Crippen molar-refractivity contribution in [2.75, 3.05) is 5.32 Å². The highest BCUT2D eigenvalue weighted by Crippen LogP contribution is 2.15. The second-order valence-electron chi connectivity index (χ2n) is 5.09. The summed E-state index contributed by atoms with van der Waals surface area (Å²) < 4.78 is 0. The highest BCUT2D eigenvalue weighted by atomic mass is 32.1. The van der Waals surface area contributed by atoms with Crippen molar-refractivity contribution in [2.24, 2.45) is 0 Å². The molecule has 1 aromatic carbocycles. The Balaban J connectivity index is 1.98. The Morgan fingerprint density at radius 3 is 2.57 bits per heavy atom. The lowest BCUT2D eigenvalue weighted by Crippen LogP contribution is -2.30. The standard InChI is InChI=1S/C15H19N3O2S/c1-3-4-13(19)17-12-7-5-11(6-8-12)9-18-14(20)10(2)16-15(18)21/h5-8,10H,3-4,9H2,1-2H3,(H,16,21)(H,17,19)/t10-/m1/s1. The van der Waals surface area contributed by atoms with Gasteiger partial charge in [-0.3, -0.25) is 14.5 Å². The van der Waals surface area contributed by atoms with Crippen LogP contribution in [-0.2, 0) is 16.1 Å². The molecule has 0 aromatic heterocycles. The predicted molar refractivity (Wildman–Crippen MR) is 85.7 cm³/mol. The van der Waals surface area contributed by atoms with E-state index in [9.17, 15) is 9.59 Å². The van der Waals surface area contributed by atoms with Crippen molar-refractivity contribution < 1.29 is 9.59 Å². The van der Waals surface area contributed by atoms with E-state index in [2.05, 4.69) is 10.6 Å². The van der Waals surface area contributed by atoms with E-state index in [1.54, 1.807) is 11.8 Å². The molecule has 0 aliphatic carbocycles. The van der Waals surface area contributed by atoms with Crippen LogP contribution in [-0.4, -0.2) is 27.9 Å². The molecule has 1 heterocycles. The maximum atomic E-state index is 11.9. The molecular weight excluding hydrogens is 286 g/mol. The van der Waals surface area contributed by atoms with Crippen LogP contribution in [0.4, 0.5) is 5.69 Å². The van der Waals surface area contributed by atoms with Crippen LogP contribution in [0.1, 0.15) is 32.3 Å². The molecule has 0 spiro atoms. The van der Waals surface area contributed by atoms with Crippen molar-refractivity contribution in [3.63, 3.8) is 0 Å². The minimum absolute atomic E-state index is 0.0131. The maximum Gasteiger partial charge on any atom is 0.251 e. The number of carbonyl (C=O) groups excluding carboxylic acids is 2. The molecule has 5 nitrogen and oxygen atoms in total. The number of rotatable bonds is 5. The zero-order valence-electron chi connectivity index (χ0n) is 12.2. The number of carbonyl (C=O) groups is 2. The summed E-state index contributed by atoms with van der Waals surface area (Å²) in [7, 11) is 0. The van der Waals surface area contributed by atoms with Gasteiger partial charge in [-0.15, -0.1) is 0 Å². The molecule has 112 valence electrons. The van der Waals surface area contributed by atoms with Crippen LogP contribution in [0.2, 0.25) is 0 Å². The number of anilines is 1. The van der Waals surface area contributed by atoms with Crippen LogP contribution in [0, 0.1) is 0 Å². The first-order valence-electron chi connectivity index (χ1n) is 7.02. The van der Waals surface area contributed by atoms with Gasteiger partial charge in [-0.1, -0.05) is 19.1 Å². The monoisotopic (exact) mass is 305 g/mol. The Morgan fingerprint density at radius 2 is 2.05 bits per heavy atom. The molecule has 1 atom stereocenters. The third-order valence-electron chi connectivity index (χ3n) is 3.28. The molecule has 2 rings (SSSR count). The number of hydrogen-bond acceptors (Lipinski definition) is 3. The molecule has 0 radical (unpaired) electrons. The Hall–Kier alpha value is -1.95. The van der Waals surface area contributed by atoms with E-state index in [0.717, 1.165) is 17.7 Å². The summed E-state index contributed by atoms with van der Waals surface area (Å²) in [4.78, 5) is 25.0. The van der Waals surface area contributed by atoms with Crippen molar-refractivity contribution in [1.82, 2.24) is 10.2 Å². The molecule has 0 bridgehead atoms. The SMILES string of the molecule is CCCC(=O)Nc1ccc(CN2C(=O)[C@@H](C)NC2=S)cc1. The maximum absolute atomic E-state index is 11.9. The molecule has 1 aliphatic heterocycles. The zero-order valence-corrected chi connectivity index (χ0v) is 13.0. The number of amides is 2. The van der Waals surface area contributed by atoms with Crippen LogP contribution >= 0.6 is 12.2 Å². The van der Waals surface area contributed by atoms with Crippen molar-refractivity contribution in [1.29, 1.82) is 0 Å². The smallest absolute Gasteiger partial charge is 0.251 e.